The predicted octanol–water partition coefficient (Wildman–Crippen LogP) is 1.18. The van der Waals surface area contributed by atoms with Crippen molar-refractivity contribution in [1.82, 2.24) is 0 Å². The third-order valence-electron chi connectivity index (χ3n) is 3.05. The van der Waals surface area contributed by atoms with Gasteiger partial charge in [0.15, 0.2) is 0 Å². The van der Waals surface area contributed by atoms with Gasteiger partial charge in [-0.2, -0.15) is 0 Å². The van der Waals surface area contributed by atoms with Crippen LogP contribution < -0.4 is 0 Å². The van der Waals surface area contributed by atoms with E-state index in [1.54, 1.807) is 0 Å². The summed E-state index contributed by atoms with van der Waals surface area (Å²) in [6, 6.07) is 0. The summed E-state index contributed by atoms with van der Waals surface area (Å²) in [7, 11) is 0. The van der Waals surface area contributed by atoms with Crippen LogP contribution in [0.25, 0.3) is 0 Å². The molecule has 0 unspecified atom stereocenters. The molecule has 2 fully saturated rings. The molecule has 2 rings (SSSR count). The molecule has 1 spiro atoms. The average molecular weight is 156 g/mol. The van der Waals surface area contributed by atoms with E-state index < -0.39 is 0 Å². The first-order chi connectivity index (χ1) is 5.24. The number of hydrogen-bond donors (Lipinski definition) is 1. The summed E-state index contributed by atoms with van der Waals surface area (Å²) in [4.78, 5) is 0. The molecule has 2 aliphatic rings. The average Bonchev–Trinajstić information content (AvgIpc) is 2.31. The maximum absolute atomic E-state index is 8.86. The lowest BCUT2D eigenvalue weighted by atomic mass is 9.62. The van der Waals surface area contributed by atoms with Gasteiger partial charge in [0, 0.05) is 0 Å². The zero-order valence-electron chi connectivity index (χ0n) is 7.05. The molecule has 0 bridgehead atoms. The first kappa shape index (κ1) is 7.56. The molecule has 0 aromatic heterocycles. The fraction of sp³-hybridized carbons (Fsp3) is 1.00. The monoisotopic (exact) mass is 156 g/mol. The lowest BCUT2D eigenvalue weighted by molar-refractivity contribution is 0.0270. The van der Waals surface area contributed by atoms with Crippen molar-refractivity contribution in [2.75, 3.05) is 13.2 Å². The van der Waals surface area contributed by atoms with Gasteiger partial charge in [-0.1, -0.05) is 6.92 Å². The summed E-state index contributed by atoms with van der Waals surface area (Å²) >= 11 is 0. The van der Waals surface area contributed by atoms with Gasteiger partial charge >= 0.3 is 0 Å². The first-order valence-corrected chi connectivity index (χ1v) is 4.47. The Morgan fingerprint density at radius 1 is 1.45 bits per heavy atom. The summed E-state index contributed by atoms with van der Waals surface area (Å²) in [6.07, 6.45) is 3.85. The van der Waals surface area contributed by atoms with E-state index in [1.165, 1.54) is 12.8 Å². The molecule has 2 heteroatoms. The lowest BCUT2D eigenvalue weighted by Crippen LogP contribution is -2.36. The number of hydrogen-bond acceptors (Lipinski definition) is 2. The molecule has 0 amide bonds. The van der Waals surface area contributed by atoms with E-state index in [2.05, 4.69) is 6.92 Å². The second-order valence-electron chi connectivity index (χ2n) is 4.33. The first-order valence-electron chi connectivity index (χ1n) is 4.47. The van der Waals surface area contributed by atoms with Crippen molar-refractivity contribution >= 4 is 0 Å². The maximum atomic E-state index is 8.86. The van der Waals surface area contributed by atoms with Crippen molar-refractivity contribution in [1.29, 1.82) is 0 Å². The lowest BCUT2D eigenvalue weighted by Gasteiger charge is -2.42. The SMILES string of the molecule is CC1CC2(CO[C@H](CO)C2)C1. The quantitative estimate of drug-likeness (QED) is 0.618. The highest BCUT2D eigenvalue weighted by Crippen LogP contribution is 2.52. The number of rotatable bonds is 1. The van der Waals surface area contributed by atoms with E-state index >= 15 is 0 Å². The molecule has 1 atom stereocenters. The Kier molecular flexibility index (Phi) is 1.69. The second kappa shape index (κ2) is 2.46. The normalized spacial score (nSPS) is 49.6. The number of aliphatic hydroxyl groups is 1. The minimum absolute atomic E-state index is 0.141. The van der Waals surface area contributed by atoms with Gasteiger partial charge in [-0.05, 0) is 30.6 Å². The van der Waals surface area contributed by atoms with Crippen molar-refractivity contribution in [3.8, 4) is 0 Å². The van der Waals surface area contributed by atoms with Crippen LogP contribution in [0.3, 0.4) is 0 Å². The minimum Gasteiger partial charge on any atom is -0.394 e. The van der Waals surface area contributed by atoms with Crippen LogP contribution in [0.15, 0.2) is 0 Å². The summed E-state index contributed by atoms with van der Waals surface area (Å²) in [5.41, 5.74) is 0.479. The fourth-order valence-corrected chi connectivity index (χ4v) is 2.72. The van der Waals surface area contributed by atoms with Crippen LogP contribution >= 0.6 is 0 Å². The van der Waals surface area contributed by atoms with Crippen molar-refractivity contribution < 1.29 is 9.84 Å². The zero-order valence-corrected chi connectivity index (χ0v) is 7.05. The number of aliphatic hydroxyl groups excluding tert-OH is 1. The van der Waals surface area contributed by atoms with Crippen molar-refractivity contribution in [3.05, 3.63) is 0 Å². The van der Waals surface area contributed by atoms with E-state index in [9.17, 15) is 0 Å². The summed E-state index contributed by atoms with van der Waals surface area (Å²) < 4.78 is 5.46. The molecule has 1 saturated heterocycles. The minimum atomic E-state index is 0.141. The van der Waals surface area contributed by atoms with E-state index in [0.29, 0.717) is 5.41 Å². The molecule has 0 radical (unpaired) electrons. The van der Waals surface area contributed by atoms with Crippen LogP contribution in [0.5, 0.6) is 0 Å². The standard InChI is InChI=1S/C9H16O2/c1-7-2-9(3-7)4-8(5-10)11-6-9/h7-8,10H,2-6H2,1H3/t7?,8-,9?/m0/s1. The smallest absolute Gasteiger partial charge is 0.0812 e. The van der Waals surface area contributed by atoms with Crippen LogP contribution in [0.2, 0.25) is 0 Å². The Morgan fingerprint density at radius 2 is 2.18 bits per heavy atom. The highest BCUT2D eigenvalue weighted by atomic mass is 16.5. The van der Waals surface area contributed by atoms with Crippen molar-refractivity contribution in [2.24, 2.45) is 11.3 Å². The Hall–Kier alpha value is -0.0800. The predicted molar refractivity (Wildman–Crippen MR) is 42.3 cm³/mol. The molecule has 0 aromatic carbocycles. The van der Waals surface area contributed by atoms with Crippen LogP contribution in [0.4, 0.5) is 0 Å². The molecule has 11 heavy (non-hydrogen) atoms. The van der Waals surface area contributed by atoms with Crippen molar-refractivity contribution in [2.45, 2.75) is 32.3 Å². The summed E-state index contributed by atoms with van der Waals surface area (Å²) in [5, 5.41) is 8.86. The molecular weight excluding hydrogens is 140 g/mol. The second-order valence-corrected chi connectivity index (χ2v) is 4.33. The molecule has 2 nitrogen and oxygen atoms in total. The molecule has 1 aliphatic carbocycles. The topological polar surface area (TPSA) is 29.5 Å². The molecule has 1 heterocycles. The van der Waals surface area contributed by atoms with E-state index in [-0.39, 0.29) is 12.7 Å². The van der Waals surface area contributed by atoms with Gasteiger partial charge in [-0.3, -0.25) is 0 Å². The molecular formula is C9H16O2. The van der Waals surface area contributed by atoms with Gasteiger partial charge in [0.1, 0.15) is 0 Å². The number of ether oxygens (including phenoxy) is 1. The van der Waals surface area contributed by atoms with Gasteiger partial charge in [-0.15, -0.1) is 0 Å². The van der Waals surface area contributed by atoms with E-state index in [4.69, 9.17) is 9.84 Å². The van der Waals surface area contributed by atoms with Crippen LogP contribution in [-0.2, 0) is 4.74 Å². The van der Waals surface area contributed by atoms with Crippen LogP contribution in [-0.4, -0.2) is 24.4 Å². The van der Waals surface area contributed by atoms with Gasteiger partial charge in [0.25, 0.3) is 0 Å². The Balaban J connectivity index is 1.89. The van der Waals surface area contributed by atoms with Crippen LogP contribution in [0.1, 0.15) is 26.2 Å². The van der Waals surface area contributed by atoms with Gasteiger partial charge < -0.3 is 9.84 Å². The van der Waals surface area contributed by atoms with Gasteiger partial charge in [0.2, 0.25) is 0 Å². The molecule has 1 aliphatic heterocycles. The largest absolute Gasteiger partial charge is 0.394 e. The van der Waals surface area contributed by atoms with Crippen LogP contribution in [0, 0.1) is 11.3 Å². The third-order valence-corrected chi connectivity index (χ3v) is 3.05. The summed E-state index contributed by atoms with van der Waals surface area (Å²) in [6.45, 7) is 3.39. The third kappa shape index (κ3) is 1.18. The fourth-order valence-electron chi connectivity index (χ4n) is 2.72. The highest BCUT2D eigenvalue weighted by Gasteiger charge is 2.47. The molecule has 1 saturated carbocycles. The highest BCUT2D eigenvalue weighted by molar-refractivity contribution is 4.97. The van der Waals surface area contributed by atoms with Gasteiger partial charge in [0.05, 0.1) is 19.3 Å². The Morgan fingerprint density at radius 3 is 2.64 bits per heavy atom. The van der Waals surface area contributed by atoms with E-state index in [0.717, 1.165) is 18.9 Å². The zero-order chi connectivity index (χ0) is 7.90. The molecule has 0 aromatic rings. The molecule has 1 N–H and O–H groups in total. The Bertz CT molecular complexity index is 150. The van der Waals surface area contributed by atoms with Gasteiger partial charge in [-0.25, -0.2) is 0 Å². The van der Waals surface area contributed by atoms with Crippen molar-refractivity contribution in [3.63, 3.8) is 0 Å². The Labute approximate surface area is 67.6 Å². The maximum Gasteiger partial charge on any atom is 0.0812 e. The molecule has 64 valence electrons. The van der Waals surface area contributed by atoms with E-state index in [1.807, 2.05) is 0 Å². The summed E-state index contributed by atoms with van der Waals surface area (Å²) in [5.74, 6) is 0.885.